The summed E-state index contributed by atoms with van der Waals surface area (Å²) in [6.07, 6.45) is 2.93. The summed E-state index contributed by atoms with van der Waals surface area (Å²) < 4.78 is 0. The molecule has 0 aliphatic heterocycles. The Morgan fingerprint density at radius 1 is 1.44 bits per heavy atom. The maximum atomic E-state index is 12.1. The Morgan fingerprint density at radius 2 is 2.19 bits per heavy atom. The van der Waals surface area contributed by atoms with Crippen molar-refractivity contribution in [2.75, 3.05) is 11.5 Å². The van der Waals surface area contributed by atoms with Crippen molar-refractivity contribution in [2.24, 2.45) is 0 Å². The summed E-state index contributed by atoms with van der Waals surface area (Å²) in [6.45, 7) is 1.79. The number of carbonyl (C=O) groups excluding carboxylic acids is 1. The molecule has 0 fully saturated rings. The van der Waals surface area contributed by atoms with E-state index in [1.807, 2.05) is 0 Å². The van der Waals surface area contributed by atoms with E-state index in [4.69, 9.17) is 11.5 Å². The molecule has 2 heterocycles. The van der Waals surface area contributed by atoms with E-state index in [-0.39, 0.29) is 17.4 Å². The van der Waals surface area contributed by atoms with Crippen molar-refractivity contribution in [3.8, 4) is 0 Å². The maximum Gasteiger partial charge on any atom is 0.202 e. The van der Waals surface area contributed by atoms with Crippen molar-refractivity contribution in [3.05, 3.63) is 35.2 Å². The molecule has 16 heavy (non-hydrogen) atoms. The largest absolute Gasteiger partial charge is 0.383 e. The maximum absolute atomic E-state index is 12.1. The summed E-state index contributed by atoms with van der Waals surface area (Å²) >= 11 is 0. The van der Waals surface area contributed by atoms with Crippen LogP contribution in [0, 0.1) is 6.92 Å². The Balaban J connectivity index is 2.54. The van der Waals surface area contributed by atoms with Gasteiger partial charge in [0.1, 0.15) is 11.6 Å². The summed E-state index contributed by atoms with van der Waals surface area (Å²) in [5, 5.41) is 6.20. The van der Waals surface area contributed by atoms with E-state index >= 15 is 0 Å². The van der Waals surface area contributed by atoms with Crippen molar-refractivity contribution in [1.82, 2.24) is 15.2 Å². The molecule has 0 aromatic carbocycles. The predicted octanol–water partition coefficient (Wildman–Crippen LogP) is 0.509. The van der Waals surface area contributed by atoms with E-state index in [1.165, 1.54) is 6.20 Å². The van der Waals surface area contributed by atoms with Crippen LogP contribution in [0.2, 0.25) is 0 Å². The minimum absolute atomic E-state index is 0.200. The number of carbonyl (C=O) groups is 1. The van der Waals surface area contributed by atoms with Gasteiger partial charge in [0.15, 0.2) is 0 Å². The van der Waals surface area contributed by atoms with Gasteiger partial charge in [0.25, 0.3) is 0 Å². The van der Waals surface area contributed by atoms with Gasteiger partial charge in [0.05, 0.1) is 17.3 Å². The number of nitrogens with one attached hydrogen (secondary N) is 1. The third-order valence-electron chi connectivity index (χ3n) is 2.33. The number of nitrogens with two attached hydrogens (primary N) is 2. The van der Waals surface area contributed by atoms with Gasteiger partial charge >= 0.3 is 0 Å². The monoisotopic (exact) mass is 217 g/mol. The molecular weight excluding hydrogens is 206 g/mol. The Hall–Kier alpha value is -2.37. The van der Waals surface area contributed by atoms with E-state index in [0.29, 0.717) is 11.1 Å². The molecule has 0 saturated carbocycles. The van der Waals surface area contributed by atoms with Crippen LogP contribution in [0.25, 0.3) is 0 Å². The van der Waals surface area contributed by atoms with Crippen molar-refractivity contribution >= 4 is 17.4 Å². The van der Waals surface area contributed by atoms with Crippen LogP contribution >= 0.6 is 0 Å². The molecule has 0 aliphatic carbocycles. The van der Waals surface area contributed by atoms with Crippen molar-refractivity contribution in [3.63, 3.8) is 0 Å². The lowest BCUT2D eigenvalue weighted by Crippen LogP contribution is -2.10. The first-order valence-electron chi connectivity index (χ1n) is 4.66. The number of anilines is 2. The highest BCUT2D eigenvalue weighted by molar-refractivity contribution is 6.14. The predicted molar refractivity (Wildman–Crippen MR) is 59.8 cm³/mol. The lowest BCUT2D eigenvalue weighted by Gasteiger charge is -2.06. The highest BCUT2D eigenvalue weighted by Crippen LogP contribution is 2.20. The zero-order valence-electron chi connectivity index (χ0n) is 8.69. The van der Waals surface area contributed by atoms with Gasteiger partial charge in [-0.3, -0.25) is 9.89 Å². The van der Waals surface area contributed by atoms with Crippen molar-refractivity contribution in [2.45, 2.75) is 6.92 Å². The molecule has 6 nitrogen and oxygen atoms in total. The quantitative estimate of drug-likeness (QED) is 0.634. The Bertz CT molecular complexity index is 526. The molecule has 0 amide bonds. The molecule has 82 valence electrons. The van der Waals surface area contributed by atoms with Crippen LogP contribution in [0.15, 0.2) is 18.5 Å². The summed E-state index contributed by atoms with van der Waals surface area (Å²) in [6, 6.07) is 1.72. The van der Waals surface area contributed by atoms with Crippen LogP contribution in [0.3, 0.4) is 0 Å². The average Bonchev–Trinajstić information content (AvgIpc) is 2.64. The highest BCUT2D eigenvalue weighted by Gasteiger charge is 2.19. The van der Waals surface area contributed by atoms with E-state index < -0.39 is 0 Å². The molecule has 2 aromatic rings. The molecule has 2 aromatic heterocycles. The molecule has 0 radical (unpaired) electrons. The first-order valence-corrected chi connectivity index (χ1v) is 4.66. The molecule has 0 aliphatic rings. The number of pyridine rings is 1. The van der Waals surface area contributed by atoms with Gasteiger partial charge in [-0.05, 0) is 18.6 Å². The number of hydrogen-bond donors (Lipinski definition) is 3. The molecular formula is C10H11N5O. The van der Waals surface area contributed by atoms with Crippen LogP contribution in [0.5, 0.6) is 0 Å². The van der Waals surface area contributed by atoms with Gasteiger partial charge in [-0.1, -0.05) is 0 Å². The fraction of sp³-hybridized carbons (Fsp3) is 0.100. The van der Waals surface area contributed by atoms with E-state index in [9.17, 15) is 4.79 Å². The fourth-order valence-electron chi connectivity index (χ4n) is 1.49. The second-order valence-electron chi connectivity index (χ2n) is 3.41. The van der Waals surface area contributed by atoms with Crippen LogP contribution in [0.4, 0.5) is 11.6 Å². The number of nitrogen functional groups attached to an aromatic ring is 2. The molecule has 6 heteroatoms. The first kappa shape index (κ1) is 10.2. The smallest absolute Gasteiger partial charge is 0.202 e. The van der Waals surface area contributed by atoms with Gasteiger partial charge in [0, 0.05) is 6.20 Å². The first-order chi connectivity index (χ1) is 7.61. The second kappa shape index (κ2) is 3.65. The average molecular weight is 217 g/mol. The molecule has 5 N–H and O–H groups in total. The van der Waals surface area contributed by atoms with Crippen LogP contribution in [-0.4, -0.2) is 21.0 Å². The molecule has 0 unspecified atom stereocenters. The van der Waals surface area contributed by atoms with Crippen LogP contribution < -0.4 is 11.5 Å². The van der Waals surface area contributed by atoms with E-state index in [1.54, 1.807) is 19.2 Å². The van der Waals surface area contributed by atoms with Crippen molar-refractivity contribution < 1.29 is 4.79 Å². The summed E-state index contributed by atoms with van der Waals surface area (Å²) in [4.78, 5) is 16.0. The number of hydrogen-bond acceptors (Lipinski definition) is 5. The Labute approximate surface area is 91.7 Å². The highest BCUT2D eigenvalue weighted by atomic mass is 16.1. The van der Waals surface area contributed by atoms with Gasteiger partial charge < -0.3 is 11.5 Å². The molecule has 0 saturated heterocycles. The van der Waals surface area contributed by atoms with Crippen molar-refractivity contribution in [1.29, 1.82) is 0 Å². The zero-order chi connectivity index (χ0) is 11.7. The number of aromatic nitrogens is 3. The minimum Gasteiger partial charge on any atom is -0.383 e. The third kappa shape index (κ3) is 1.50. The topological polar surface area (TPSA) is 111 Å². The number of nitrogens with zero attached hydrogens (tertiary/aromatic N) is 2. The SMILES string of the molecule is Cc1ccnc(N)c1C(=O)c1cn[nH]c1N. The molecule has 0 spiro atoms. The Kier molecular flexibility index (Phi) is 2.32. The standard InChI is InChI=1S/C10H11N5O/c1-5-2-3-13-10(12)7(5)8(16)6-4-14-15-9(6)11/h2-4H,1H3,(H2,12,13)(H3,11,14,15). The van der Waals surface area contributed by atoms with Crippen LogP contribution in [0.1, 0.15) is 21.5 Å². The second-order valence-corrected chi connectivity index (χ2v) is 3.41. The van der Waals surface area contributed by atoms with Crippen LogP contribution in [-0.2, 0) is 0 Å². The minimum atomic E-state index is -0.269. The zero-order valence-corrected chi connectivity index (χ0v) is 8.69. The molecule has 0 bridgehead atoms. The lowest BCUT2D eigenvalue weighted by molar-refractivity contribution is 0.103. The normalized spacial score (nSPS) is 10.3. The summed E-state index contributed by atoms with van der Waals surface area (Å²) in [5.41, 5.74) is 12.7. The number of H-pyrrole nitrogens is 1. The van der Waals surface area contributed by atoms with Gasteiger partial charge in [-0.2, -0.15) is 5.10 Å². The van der Waals surface area contributed by atoms with Gasteiger partial charge in [0.2, 0.25) is 5.78 Å². The lowest BCUT2D eigenvalue weighted by atomic mass is 10.0. The Morgan fingerprint density at radius 3 is 2.75 bits per heavy atom. The number of ketones is 1. The number of aryl methyl sites for hydroxylation is 1. The third-order valence-corrected chi connectivity index (χ3v) is 2.33. The fourth-order valence-corrected chi connectivity index (χ4v) is 1.49. The van der Waals surface area contributed by atoms with E-state index in [2.05, 4.69) is 15.2 Å². The number of rotatable bonds is 2. The van der Waals surface area contributed by atoms with Gasteiger partial charge in [-0.25, -0.2) is 4.98 Å². The molecule has 0 atom stereocenters. The van der Waals surface area contributed by atoms with E-state index in [0.717, 1.165) is 5.56 Å². The van der Waals surface area contributed by atoms with Gasteiger partial charge in [-0.15, -0.1) is 0 Å². The number of aromatic amines is 1. The summed E-state index contributed by atoms with van der Waals surface area (Å²) in [7, 11) is 0. The summed E-state index contributed by atoms with van der Waals surface area (Å²) in [5.74, 6) is 0.160. The molecule has 2 rings (SSSR count).